The molecule has 3 aromatic heterocycles. The number of amides is 14. The number of para-hydroxylation sites is 2. The van der Waals surface area contributed by atoms with Gasteiger partial charge in [0, 0.05) is 109 Å². The number of nitrogens with one attached hydrogen (secondary N) is 17. The van der Waals surface area contributed by atoms with Crippen LogP contribution in [0.25, 0.3) is 21.8 Å². The molecule has 1 aliphatic rings. The standard InChI is InChI=1S/C85H123N19O23S2/c1-10-11-12-21-68(106)89-25-27-125-29-31-127-33-32-126-30-28-124-26-24-88-60(39-71(110)111)78(116)101-66-44-128-129-45-67(84(122)104-73(51(9)105)74(86)112)102-80(118)64(37-53-41-91-58-20-16-14-18-56(53)58)100-85(123)72(49(6)7)103-82(120)62(35-48(4)5)98-77(115)59(22-23-70(108)109)95-69(107)43-92-76(114)61(34-47(2)3)97-81(119)65(38-54-42-87-46-93-54)99-79(117)63(96-75(113)50(8)94-83(66)121)36-52-40-90-57-19-15-13-17-55(52)57/h1,13-20,40-42,46-51,59-67,72-73,88,90-91,105H,11-12,21-39,43-45H2,2-9H3,(H2,86,112)(H,87,93)(H,89,106)(H,92,114)(H,94,121)(H,95,107)(H,96,113)(H,97,119)(H,98,115)(H,99,117)(H,100,123)(H,101,116)(H,102,118)(H,103,120)(H,104,122)(H,108,109)(H,110,111)/t50-,51+,59-,60-,61-,62-,63-,64-,65-,66-,67-,72-,73-/m0/s1. The Bertz CT molecular complexity index is 4600. The zero-order valence-corrected chi connectivity index (χ0v) is 75.2. The van der Waals surface area contributed by atoms with Gasteiger partial charge in [0.2, 0.25) is 82.7 Å². The highest BCUT2D eigenvalue weighted by molar-refractivity contribution is 8.76. The topological polar surface area (TPSA) is 625 Å². The molecule has 0 saturated carbocycles. The lowest BCUT2D eigenvalue weighted by Crippen LogP contribution is -2.61. The predicted octanol–water partition coefficient (Wildman–Crippen LogP) is -1.84. The van der Waals surface area contributed by atoms with E-state index in [2.05, 4.69) is 100 Å². The molecule has 708 valence electrons. The second kappa shape index (κ2) is 55.9. The first-order chi connectivity index (χ1) is 61.5. The van der Waals surface area contributed by atoms with Gasteiger partial charge in [-0.05, 0) is 80.5 Å². The van der Waals surface area contributed by atoms with E-state index < -0.39 is 211 Å². The van der Waals surface area contributed by atoms with Crippen molar-refractivity contribution >= 4 is 138 Å². The van der Waals surface area contributed by atoms with Crippen LogP contribution in [0.4, 0.5) is 0 Å². The molecule has 0 spiro atoms. The number of primary amides is 1. The molecular weight excluding hydrogens is 1720 g/mol. The molecule has 22 N–H and O–H groups in total. The van der Waals surface area contributed by atoms with Crippen LogP contribution in [0, 0.1) is 30.1 Å². The average Bonchev–Trinajstić information content (AvgIpc) is 1.70. The Morgan fingerprint density at radius 3 is 1.62 bits per heavy atom. The molecule has 129 heavy (non-hydrogen) atoms. The van der Waals surface area contributed by atoms with E-state index >= 15 is 19.2 Å². The van der Waals surface area contributed by atoms with Gasteiger partial charge >= 0.3 is 11.9 Å². The quantitative estimate of drug-likeness (QED) is 0.0116. The molecule has 1 fully saturated rings. The number of hydrogen-bond acceptors (Lipinski definition) is 25. The minimum absolute atomic E-state index is 0.0599. The Kier molecular flexibility index (Phi) is 45.9. The highest BCUT2D eigenvalue weighted by atomic mass is 33.1. The average molecular weight is 1840 g/mol. The SMILES string of the molecule is C#CCCCC(=O)NCCOCCOCCOCCOCCN[C@@H](CC(=O)O)C(=O)N[C@H]1CSSC[C@@H](C(=O)N[C@H](C(N)=O)[C@@H](C)O)NC(=O)[C@H](Cc2c[nH]c3ccccc23)NC(=O)[C@H](C(C)C)NC(=O)[C@H](CC(C)C)NC(=O)[C@H](CCC(=O)O)NC(=O)CNC(=O)[C@H](CC(C)C)NC(=O)[C@H](Cc2cnc[nH]2)NC(=O)[C@H](Cc2c[nH]c3ccccc23)NC(=O)[C@H](C)NC1=O. The molecule has 2 aromatic carbocycles. The monoisotopic (exact) mass is 1840 g/mol. The first-order valence-corrected chi connectivity index (χ1v) is 45.1. The number of aromatic nitrogens is 4. The number of aliphatic carboxylic acids is 2. The third-order valence-corrected chi connectivity index (χ3v) is 22.5. The number of aliphatic hydroxyl groups is 1. The van der Waals surface area contributed by atoms with Crippen molar-refractivity contribution in [2.45, 2.75) is 205 Å². The number of hydrogen-bond donors (Lipinski definition) is 21. The van der Waals surface area contributed by atoms with Crippen LogP contribution >= 0.6 is 21.6 Å². The molecule has 14 amide bonds. The zero-order valence-electron chi connectivity index (χ0n) is 73.6. The molecular formula is C85H123N19O23S2. The fourth-order valence-electron chi connectivity index (χ4n) is 13.3. The number of rotatable bonds is 41. The van der Waals surface area contributed by atoms with Crippen molar-refractivity contribution in [2.75, 3.05) is 84.0 Å². The molecule has 0 bridgehead atoms. The summed E-state index contributed by atoms with van der Waals surface area (Å²) in [6, 6.07) is -5.35. The number of H-pyrrole nitrogens is 3. The van der Waals surface area contributed by atoms with Crippen LogP contribution in [0.3, 0.4) is 0 Å². The Labute approximate surface area is 754 Å². The van der Waals surface area contributed by atoms with Crippen molar-refractivity contribution in [3.63, 3.8) is 0 Å². The number of benzene rings is 2. The minimum atomic E-state index is -1.76. The molecule has 13 atom stereocenters. The van der Waals surface area contributed by atoms with Crippen molar-refractivity contribution in [3.05, 3.63) is 90.3 Å². The van der Waals surface area contributed by atoms with Crippen molar-refractivity contribution in [1.82, 2.24) is 94.4 Å². The van der Waals surface area contributed by atoms with Crippen molar-refractivity contribution < 1.29 is 111 Å². The molecule has 1 aliphatic heterocycles. The molecule has 6 rings (SSSR count). The number of carbonyl (C=O) groups is 16. The molecule has 0 radical (unpaired) electrons. The van der Waals surface area contributed by atoms with Crippen molar-refractivity contribution in [1.29, 1.82) is 0 Å². The number of nitrogens with two attached hydrogens (primary N) is 1. The summed E-state index contributed by atoms with van der Waals surface area (Å²) in [5, 5.41) is 68.6. The van der Waals surface area contributed by atoms with Crippen LogP contribution in [0.2, 0.25) is 0 Å². The number of carbonyl (C=O) groups excluding carboxylic acids is 14. The van der Waals surface area contributed by atoms with Gasteiger partial charge in [0.1, 0.15) is 66.5 Å². The third-order valence-electron chi connectivity index (χ3n) is 20.1. The summed E-state index contributed by atoms with van der Waals surface area (Å²) in [6.07, 6.45) is 7.81. The van der Waals surface area contributed by atoms with Gasteiger partial charge in [-0.1, -0.05) is 99.5 Å². The molecule has 44 heteroatoms. The van der Waals surface area contributed by atoms with Gasteiger partial charge in [-0.15, -0.1) is 12.3 Å². The highest BCUT2D eigenvalue weighted by Crippen LogP contribution is 2.26. The highest BCUT2D eigenvalue weighted by Gasteiger charge is 2.39. The molecule has 42 nitrogen and oxygen atoms in total. The second-order valence-corrected chi connectivity index (χ2v) is 34.5. The Balaban J connectivity index is 1.37. The lowest BCUT2D eigenvalue weighted by atomic mass is 9.98. The van der Waals surface area contributed by atoms with E-state index in [1.54, 1.807) is 102 Å². The smallest absolute Gasteiger partial charge is 0.305 e. The number of terminal acetylenes is 1. The molecule has 0 aliphatic carbocycles. The maximum Gasteiger partial charge on any atom is 0.305 e. The first kappa shape index (κ1) is 106. The second-order valence-electron chi connectivity index (χ2n) is 32.0. The van der Waals surface area contributed by atoms with Crippen LogP contribution in [0.5, 0.6) is 0 Å². The van der Waals surface area contributed by atoms with E-state index in [0.717, 1.165) is 28.5 Å². The largest absolute Gasteiger partial charge is 0.481 e. The van der Waals surface area contributed by atoms with Crippen LogP contribution in [-0.4, -0.2) is 292 Å². The Morgan fingerprint density at radius 2 is 1.09 bits per heavy atom. The fourth-order valence-corrected chi connectivity index (χ4v) is 15.7. The molecule has 5 aromatic rings. The summed E-state index contributed by atoms with van der Waals surface area (Å²) >= 11 is 0. The number of aliphatic hydroxyl groups excluding tert-OH is 1. The maximum absolute atomic E-state index is 15.3. The van der Waals surface area contributed by atoms with Crippen LogP contribution in [0.1, 0.15) is 124 Å². The van der Waals surface area contributed by atoms with Crippen molar-refractivity contribution in [2.24, 2.45) is 23.5 Å². The molecule has 4 heterocycles. The lowest BCUT2D eigenvalue weighted by Gasteiger charge is -2.29. The Hall–Kier alpha value is -11.7. The van der Waals surface area contributed by atoms with Gasteiger partial charge in [0.05, 0.1) is 84.3 Å². The summed E-state index contributed by atoms with van der Waals surface area (Å²) < 4.78 is 22.3. The predicted molar refractivity (Wildman–Crippen MR) is 476 cm³/mol. The van der Waals surface area contributed by atoms with Gasteiger partial charge in [0.25, 0.3) is 0 Å². The normalized spacial score (nSPS) is 21.2. The van der Waals surface area contributed by atoms with Gasteiger partial charge < -0.3 is 129 Å². The van der Waals surface area contributed by atoms with E-state index in [-0.39, 0.29) is 109 Å². The van der Waals surface area contributed by atoms with Crippen molar-refractivity contribution in [3.8, 4) is 12.3 Å². The van der Waals surface area contributed by atoms with E-state index in [0.29, 0.717) is 64.4 Å². The molecule has 0 unspecified atom stereocenters. The summed E-state index contributed by atoms with van der Waals surface area (Å²) in [5.41, 5.74) is 8.18. The number of carboxylic acid groups (broad SMARTS) is 2. The van der Waals surface area contributed by atoms with E-state index in [1.165, 1.54) is 19.4 Å². The Morgan fingerprint density at radius 1 is 0.574 bits per heavy atom. The number of carboxylic acids is 2. The van der Waals surface area contributed by atoms with Crippen LogP contribution in [-0.2, 0) is 115 Å². The maximum atomic E-state index is 15.3. The van der Waals surface area contributed by atoms with Gasteiger partial charge in [0.15, 0.2) is 0 Å². The number of fused-ring (bicyclic) bond motifs is 2. The van der Waals surface area contributed by atoms with Gasteiger partial charge in [-0.3, -0.25) is 76.7 Å². The summed E-state index contributed by atoms with van der Waals surface area (Å²) in [7, 11) is 1.60. The van der Waals surface area contributed by atoms with Crippen LogP contribution in [0.15, 0.2) is 73.4 Å². The number of ether oxygens (including phenoxy) is 4. The van der Waals surface area contributed by atoms with Gasteiger partial charge in [-0.2, -0.15) is 0 Å². The van der Waals surface area contributed by atoms with E-state index in [9.17, 15) is 72.9 Å². The number of aromatic amines is 3. The van der Waals surface area contributed by atoms with E-state index in [1.807, 2.05) is 0 Å². The number of nitrogens with zero attached hydrogens (tertiary/aromatic N) is 1. The molecule has 1 saturated heterocycles. The summed E-state index contributed by atoms with van der Waals surface area (Å²) in [6.45, 7) is 13.1. The number of unbranched alkanes of at least 4 members (excludes halogenated alkanes) is 1. The number of imidazole rings is 1. The van der Waals surface area contributed by atoms with Crippen LogP contribution < -0.4 is 80.2 Å². The lowest BCUT2D eigenvalue weighted by molar-refractivity contribution is -0.140. The summed E-state index contributed by atoms with van der Waals surface area (Å²) in [5.74, 6) is -16.1. The fraction of sp³-hybridized carbons (Fsp3) is 0.565. The first-order valence-electron chi connectivity index (χ1n) is 42.6. The zero-order chi connectivity index (χ0) is 94.7. The van der Waals surface area contributed by atoms with E-state index in [4.69, 9.17) is 31.1 Å². The third kappa shape index (κ3) is 37.9. The summed E-state index contributed by atoms with van der Waals surface area (Å²) in [4.78, 5) is 239. The van der Waals surface area contributed by atoms with Gasteiger partial charge in [-0.25, -0.2) is 4.98 Å². The minimum Gasteiger partial charge on any atom is -0.481 e.